The maximum atomic E-state index is 12.5. The summed E-state index contributed by atoms with van der Waals surface area (Å²) in [5.74, 6) is 0.676. The summed E-state index contributed by atoms with van der Waals surface area (Å²) in [7, 11) is 1.67. The molecule has 0 aliphatic carbocycles. The molecule has 1 saturated heterocycles. The number of methoxy groups -OCH3 is 1. The molecule has 156 valence electrons. The minimum atomic E-state index is -0.186. The molecule has 6 nitrogen and oxygen atoms in total. The van der Waals surface area contributed by atoms with E-state index in [-0.39, 0.29) is 5.91 Å². The predicted octanol–water partition coefficient (Wildman–Crippen LogP) is 4.06. The zero-order valence-corrected chi connectivity index (χ0v) is 18.2. The van der Waals surface area contributed by atoms with Crippen molar-refractivity contribution in [3.8, 4) is 5.75 Å². The standard InChI is InChI=1S/C22H23ClN4O2S/c1-29-18-8-6-17(7-9-18)26-10-12-27(13-11-26)22-25-20(15-30-22)21(28)24-14-16-4-2-3-5-19(16)23/h2-9,15H,10-14H2,1H3,(H,24,28). The zero-order valence-electron chi connectivity index (χ0n) is 16.7. The van der Waals surface area contributed by atoms with E-state index in [0.717, 1.165) is 42.6 Å². The quantitative estimate of drug-likeness (QED) is 0.623. The molecule has 0 unspecified atom stereocenters. The fraction of sp³-hybridized carbons (Fsp3) is 0.273. The highest BCUT2D eigenvalue weighted by Gasteiger charge is 2.21. The summed E-state index contributed by atoms with van der Waals surface area (Å²) in [4.78, 5) is 21.6. The Morgan fingerprint density at radius 3 is 2.50 bits per heavy atom. The number of ether oxygens (including phenoxy) is 1. The van der Waals surface area contributed by atoms with E-state index in [9.17, 15) is 4.79 Å². The number of piperazine rings is 1. The highest BCUT2D eigenvalue weighted by Crippen LogP contribution is 2.25. The van der Waals surface area contributed by atoms with Crippen LogP contribution in [0.3, 0.4) is 0 Å². The van der Waals surface area contributed by atoms with Crippen molar-refractivity contribution >= 4 is 39.7 Å². The molecule has 2 heterocycles. The molecule has 1 aliphatic heterocycles. The lowest BCUT2D eigenvalue weighted by atomic mass is 10.2. The van der Waals surface area contributed by atoms with E-state index in [2.05, 4.69) is 32.2 Å². The van der Waals surface area contributed by atoms with Crippen LogP contribution < -0.4 is 19.9 Å². The number of rotatable bonds is 6. The molecular formula is C22H23ClN4O2S. The van der Waals surface area contributed by atoms with Crippen LogP contribution in [0.2, 0.25) is 5.02 Å². The average Bonchev–Trinajstić information content (AvgIpc) is 3.29. The van der Waals surface area contributed by atoms with Crippen LogP contribution in [-0.4, -0.2) is 44.2 Å². The number of hydrogen-bond donors (Lipinski definition) is 1. The Bertz CT molecular complexity index is 1000. The van der Waals surface area contributed by atoms with Crippen molar-refractivity contribution in [1.29, 1.82) is 0 Å². The molecule has 1 fully saturated rings. The molecule has 1 aromatic heterocycles. The van der Waals surface area contributed by atoms with Crippen LogP contribution in [0.1, 0.15) is 16.1 Å². The van der Waals surface area contributed by atoms with E-state index in [1.54, 1.807) is 7.11 Å². The van der Waals surface area contributed by atoms with Crippen LogP contribution >= 0.6 is 22.9 Å². The van der Waals surface area contributed by atoms with Gasteiger partial charge in [0, 0.05) is 48.8 Å². The van der Waals surface area contributed by atoms with E-state index in [1.165, 1.54) is 17.0 Å². The summed E-state index contributed by atoms with van der Waals surface area (Å²) in [5, 5.41) is 6.23. The smallest absolute Gasteiger partial charge is 0.271 e. The highest BCUT2D eigenvalue weighted by atomic mass is 35.5. The second kappa shape index (κ2) is 9.36. The largest absolute Gasteiger partial charge is 0.497 e. The predicted molar refractivity (Wildman–Crippen MR) is 122 cm³/mol. The molecule has 2 aromatic carbocycles. The number of anilines is 2. The van der Waals surface area contributed by atoms with E-state index >= 15 is 0 Å². The summed E-state index contributed by atoms with van der Waals surface area (Å²) < 4.78 is 5.23. The van der Waals surface area contributed by atoms with Crippen LogP contribution in [0.25, 0.3) is 0 Å². The minimum absolute atomic E-state index is 0.186. The molecular weight excluding hydrogens is 420 g/mol. The lowest BCUT2D eigenvalue weighted by molar-refractivity contribution is 0.0946. The number of amides is 1. The zero-order chi connectivity index (χ0) is 20.9. The van der Waals surface area contributed by atoms with Crippen LogP contribution in [0, 0.1) is 0 Å². The van der Waals surface area contributed by atoms with Crippen molar-refractivity contribution in [3.63, 3.8) is 0 Å². The van der Waals surface area contributed by atoms with Crippen molar-refractivity contribution < 1.29 is 9.53 Å². The number of nitrogens with one attached hydrogen (secondary N) is 1. The van der Waals surface area contributed by atoms with Crippen LogP contribution in [0.4, 0.5) is 10.8 Å². The molecule has 8 heteroatoms. The number of hydrogen-bond acceptors (Lipinski definition) is 6. The van der Waals surface area contributed by atoms with Gasteiger partial charge < -0.3 is 19.9 Å². The van der Waals surface area contributed by atoms with E-state index < -0.39 is 0 Å². The molecule has 1 N–H and O–H groups in total. The van der Waals surface area contributed by atoms with E-state index in [1.807, 2.05) is 41.8 Å². The summed E-state index contributed by atoms with van der Waals surface area (Å²) in [5.41, 5.74) is 2.52. The molecule has 1 aliphatic rings. The molecule has 0 bridgehead atoms. The van der Waals surface area contributed by atoms with Gasteiger partial charge >= 0.3 is 0 Å². The van der Waals surface area contributed by atoms with Gasteiger partial charge in [-0.1, -0.05) is 29.8 Å². The van der Waals surface area contributed by atoms with Gasteiger partial charge in [-0.05, 0) is 35.9 Å². The Kier molecular flexibility index (Phi) is 6.40. The Balaban J connectivity index is 1.32. The van der Waals surface area contributed by atoms with Gasteiger partial charge in [-0.3, -0.25) is 4.79 Å². The Morgan fingerprint density at radius 2 is 1.80 bits per heavy atom. The first kappa shape index (κ1) is 20.5. The summed E-state index contributed by atoms with van der Waals surface area (Å²) >= 11 is 7.65. The second-order valence-corrected chi connectivity index (χ2v) is 8.21. The first-order valence-corrected chi connectivity index (χ1v) is 11.0. The highest BCUT2D eigenvalue weighted by molar-refractivity contribution is 7.13. The molecule has 1 amide bonds. The summed E-state index contributed by atoms with van der Waals surface area (Å²) in [6.45, 7) is 3.91. The number of benzene rings is 2. The monoisotopic (exact) mass is 442 g/mol. The number of carbonyl (C=O) groups is 1. The van der Waals surface area contributed by atoms with Crippen molar-refractivity contribution in [3.05, 3.63) is 70.2 Å². The molecule has 0 spiro atoms. The second-order valence-electron chi connectivity index (χ2n) is 6.96. The first-order chi connectivity index (χ1) is 14.6. The third kappa shape index (κ3) is 4.68. The molecule has 0 radical (unpaired) electrons. The van der Waals surface area contributed by atoms with Crippen LogP contribution in [0.5, 0.6) is 5.75 Å². The maximum absolute atomic E-state index is 12.5. The molecule has 4 rings (SSSR count). The van der Waals surface area contributed by atoms with Gasteiger partial charge in [0.2, 0.25) is 0 Å². The third-order valence-corrected chi connectivity index (χ3v) is 6.38. The normalized spacial score (nSPS) is 13.9. The Morgan fingerprint density at radius 1 is 1.10 bits per heavy atom. The average molecular weight is 443 g/mol. The molecule has 0 atom stereocenters. The topological polar surface area (TPSA) is 57.7 Å². The number of aromatic nitrogens is 1. The van der Waals surface area contributed by atoms with Gasteiger partial charge in [0.05, 0.1) is 7.11 Å². The van der Waals surface area contributed by atoms with Crippen molar-refractivity contribution in [2.45, 2.75) is 6.54 Å². The van der Waals surface area contributed by atoms with Gasteiger partial charge in [0.25, 0.3) is 5.91 Å². The van der Waals surface area contributed by atoms with Gasteiger partial charge in [-0.25, -0.2) is 4.98 Å². The van der Waals surface area contributed by atoms with Gasteiger partial charge in [-0.15, -0.1) is 11.3 Å². The van der Waals surface area contributed by atoms with Crippen molar-refractivity contribution in [1.82, 2.24) is 10.3 Å². The lowest BCUT2D eigenvalue weighted by Crippen LogP contribution is -2.46. The van der Waals surface area contributed by atoms with Crippen molar-refractivity contribution in [2.24, 2.45) is 0 Å². The Hall–Kier alpha value is -2.77. The number of nitrogens with zero attached hydrogens (tertiary/aromatic N) is 3. The van der Waals surface area contributed by atoms with Crippen LogP contribution in [0.15, 0.2) is 53.9 Å². The van der Waals surface area contributed by atoms with Crippen molar-refractivity contribution in [2.75, 3.05) is 43.1 Å². The maximum Gasteiger partial charge on any atom is 0.271 e. The lowest BCUT2D eigenvalue weighted by Gasteiger charge is -2.36. The number of thiazole rings is 1. The van der Waals surface area contributed by atoms with Gasteiger partial charge in [0.1, 0.15) is 11.4 Å². The fourth-order valence-corrected chi connectivity index (χ4v) is 4.43. The number of halogens is 1. The van der Waals surface area contributed by atoms with E-state index in [4.69, 9.17) is 16.3 Å². The van der Waals surface area contributed by atoms with Gasteiger partial charge in [-0.2, -0.15) is 0 Å². The minimum Gasteiger partial charge on any atom is -0.497 e. The van der Waals surface area contributed by atoms with E-state index in [0.29, 0.717) is 17.3 Å². The Labute approximate surface area is 185 Å². The van der Waals surface area contributed by atoms with Gasteiger partial charge in [0.15, 0.2) is 5.13 Å². The van der Waals surface area contributed by atoms with Crippen LogP contribution in [-0.2, 0) is 6.54 Å². The fourth-order valence-electron chi connectivity index (χ4n) is 3.37. The molecule has 30 heavy (non-hydrogen) atoms. The third-order valence-electron chi connectivity index (χ3n) is 5.11. The molecule has 3 aromatic rings. The summed E-state index contributed by atoms with van der Waals surface area (Å²) in [6.07, 6.45) is 0. The summed E-state index contributed by atoms with van der Waals surface area (Å²) in [6, 6.07) is 15.6. The first-order valence-electron chi connectivity index (χ1n) is 9.75. The SMILES string of the molecule is COc1ccc(N2CCN(c3nc(C(=O)NCc4ccccc4Cl)cs3)CC2)cc1. The number of carbonyl (C=O) groups excluding carboxylic acids is 1. The molecule has 0 saturated carbocycles.